The van der Waals surface area contributed by atoms with Gasteiger partial charge in [0.25, 0.3) is 5.91 Å². The second-order valence-corrected chi connectivity index (χ2v) is 7.23. The van der Waals surface area contributed by atoms with E-state index >= 15 is 0 Å². The number of fused-ring (bicyclic) bond motifs is 1. The topological polar surface area (TPSA) is 46.1 Å². The molecule has 0 aliphatic carbocycles. The van der Waals surface area contributed by atoms with Crippen LogP contribution in [-0.2, 0) is 6.54 Å². The van der Waals surface area contributed by atoms with Crippen LogP contribution < -0.4 is 4.90 Å². The number of para-hydroxylation sites is 1. The van der Waals surface area contributed by atoms with Crippen molar-refractivity contribution in [2.45, 2.75) is 6.54 Å². The Morgan fingerprint density at radius 2 is 1.96 bits per heavy atom. The minimum atomic E-state index is -0.571. The van der Waals surface area contributed by atoms with E-state index < -0.39 is 11.7 Å². The number of benzene rings is 2. The first-order chi connectivity index (χ1) is 13.1. The van der Waals surface area contributed by atoms with Gasteiger partial charge in [0.2, 0.25) is 0 Å². The first-order valence-electron chi connectivity index (χ1n) is 8.14. The van der Waals surface area contributed by atoms with Gasteiger partial charge in [-0.25, -0.2) is 9.37 Å². The van der Waals surface area contributed by atoms with Crippen LogP contribution in [-0.4, -0.2) is 15.9 Å². The van der Waals surface area contributed by atoms with E-state index in [4.69, 9.17) is 11.6 Å². The molecule has 0 N–H and O–H groups in total. The fraction of sp³-hybridized carbons (Fsp3) is 0.0500. The molecule has 0 spiro atoms. The van der Waals surface area contributed by atoms with Gasteiger partial charge in [-0.15, -0.1) is 0 Å². The summed E-state index contributed by atoms with van der Waals surface area (Å²) in [6, 6.07) is 15.0. The normalized spacial score (nSPS) is 10.9. The summed E-state index contributed by atoms with van der Waals surface area (Å²) in [7, 11) is 0. The zero-order valence-corrected chi connectivity index (χ0v) is 15.5. The third kappa shape index (κ3) is 3.54. The van der Waals surface area contributed by atoms with E-state index in [0.29, 0.717) is 15.7 Å². The minimum Gasteiger partial charge on any atom is -0.279 e. The maximum atomic E-state index is 14.2. The molecule has 1 amide bonds. The molecule has 4 aromatic rings. The van der Waals surface area contributed by atoms with Crippen LogP contribution in [0, 0.1) is 5.82 Å². The van der Waals surface area contributed by atoms with Gasteiger partial charge in [0, 0.05) is 12.4 Å². The zero-order chi connectivity index (χ0) is 18.8. The van der Waals surface area contributed by atoms with Gasteiger partial charge in [0.15, 0.2) is 5.13 Å². The van der Waals surface area contributed by atoms with E-state index in [-0.39, 0.29) is 12.1 Å². The smallest absolute Gasteiger partial charge is 0.263 e. The molecule has 2 aromatic carbocycles. The summed E-state index contributed by atoms with van der Waals surface area (Å²) >= 11 is 7.56. The molecule has 0 saturated heterocycles. The number of pyridine rings is 1. The van der Waals surface area contributed by atoms with Crippen molar-refractivity contribution in [3.05, 3.63) is 89.0 Å². The second-order valence-electron chi connectivity index (χ2n) is 5.82. The molecular weight excluding hydrogens is 385 g/mol. The number of carbonyl (C=O) groups excluding carboxylic acids is 1. The van der Waals surface area contributed by atoms with Gasteiger partial charge < -0.3 is 0 Å². The number of aromatic nitrogens is 2. The highest BCUT2D eigenvalue weighted by atomic mass is 35.5. The quantitative estimate of drug-likeness (QED) is 0.467. The van der Waals surface area contributed by atoms with Gasteiger partial charge in [-0.05, 0) is 35.9 Å². The Morgan fingerprint density at radius 3 is 2.70 bits per heavy atom. The number of halogens is 2. The van der Waals surface area contributed by atoms with Crippen LogP contribution in [0.5, 0.6) is 0 Å². The van der Waals surface area contributed by atoms with Crippen LogP contribution in [0.2, 0.25) is 5.02 Å². The molecule has 4 rings (SSSR count). The van der Waals surface area contributed by atoms with Crippen molar-refractivity contribution >= 4 is 44.2 Å². The van der Waals surface area contributed by atoms with E-state index in [9.17, 15) is 9.18 Å². The predicted molar refractivity (Wildman–Crippen MR) is 106 cm³/mol. The lowest BCUT2D eigenvalue weighted by Gasteiger charge is -2.20. The first kappa shape index (κ1) is 17.6. The molecule has 0 atom stereocenters. The number of hydrogen-bond acceptors (Lipinski definition) is 4. The molecule has 0 bridgehead atoms. The van der Waals surface area contributed by atoms with Crippen LogP contribution in [0.4, 0.5) is 9.52 Å². The molecule has 0 aliphatic heterocycles. The SMILES string of the molecule is O=C(c1ccccc1F)N(Cc1cccnc1)c1nc2c(Cl)cccc2s1. The Hall–Kier alpha value is -2.83. The lowest BCUT2D eigenvalue weighted by atomic mass is 10.1. The van der Waals surface area contributed by atoms with E-state index in [0.717, 1.165) is 10.3 Å². The fourth-order valence-electron chi connectivity index (χ4n) is 2.70. The summed E-state index contributed by atoms with van der Waals surface area (Å²) < 4.78 is 15.1. The van der Waals surface area contributed by atoms with Crippen molar-refractivity contribution < 1.29 is 9.18 Å². The number of anilines is 1. The van der Waals surface area contributed by atoms with Gasteiger partial charge >= 0.3 is 0 Å². The molecule has 0 radical (unpaired) electrons. The predicted octanol–water partition coefficient (Wildman–Crippen LogP) is 5.33. The highest BCUT2D eigenvalue weighted by Crippen LogP contribution is 2.34. The van der Waals surface area contributed by atoms with Crippen molar-refractivity contribution in [3.63, 3.8) is 0 Å². The molecule has 0 fully saturated rings. The Bertz CT molecular complexity index is 1120. The molecule has 2 aromatic heterocycles. The molecular formula is C20H13ClFN3OS. The Balaban J connectivity index is 1.81. The molecule has 0 aliphatic rings. The van der Waals surface area contributed by atoms with Gasteiger partial charge in [-0.3, -0.25) is 14.7 Å². The summed E-state index contributed by atoms with van der Waals surface area (Å²) in [5, 5.41) is 0.963. The van der Waals surface area contributed by atoms with Gasteiger partial charge in [-0.1, -0.05) is 47.2 Å². The summed E-state index contributed by atoms with van der Waals surface area (Å²) in [6.07, 6.45) is 3.33. The molecule has 4 nitrogen and oxygen atoms in total. The number of rotatable bonds is 4. The minimum absolute atomic E-state index is 0.00765. The average Bonchev–Trinajstić information content (AvgIpc) is 3.12. The third-order valence-corrected chi connectivity index (χ3v) is 5.35. The Labute approximate surface area is 163 Å². The first-order valence-corrected chi connectivity index (χ1v) is 9.33. The van der Waals surface area contributed by atoms with Crippen LogP contribution in [0.25, 0.3) is 10.2 Å². The second kappa shape index (κ2) is 7.42. The number of amides is 1. The van der Waals surface area contributed by atoms with Crippen LogP contribution in [0.1, 0.15) is 15.9 Å². The van der Waals surface area contributed by atoms with Crippen molar-refractivity contribution in [2.24, 2.45) is 0 Å². The van der Waals surface area contributed by atoms with E-state index in [1.165, 1.54) is 28.4 Å². The lowest BCUT2D eigenvalue weighted by Crippen LogP contribution is -2.31. The number of carbonyl (C=O) groups is 1. The molecule has 0 saturated carbocycles. The fourth-order valence-corrected chi connectivity index (χ4v) is 3.96. The van der Waals surface area contributed by atoms with Crippen LogP contribution >= 0.6 is 22.9 Å². The number of nitrogens with zero attached hydrogens (tertiary/aromatic N) is 3. The van der Waals surface area contributed by atoms with Crippen molar-refractivity contribution in [1.82, 2.24) is 9.97 Å². The summed E-state index contributed by atoms with van der Waals surface area (Å²) in [5.41, 5.74) is 1.43. The molecule has 0 unspecified atom stereocenters. The summed E-state index contributed by atoms with van der Waals surface area (Å²) in [6.45, 7) is 0.221. The third-order valence-electron chi connectivity index (χ3n) is 4.00. The summed E-state index contributed by atoms with van der Waals surface area (Å²) in [4.78, 5) is 23.2. The van der Waals surface area contributed by atoms with E-state index in [1.807, 2.05) is 18.2 Å². The highest BCUT2D eigenvalue weighted by Gasteiger charge is 2.24. The Kier molecular flexibility index (Phi) is 4.83. The van der Waals surface area contributed by atoms with Gasteiger partial charge in [0.1, 0.15) is 11.3 Å². The van der Waals surface area contributed by atoms with Crippen molar-refractivity contribution in [2.75, 3.05) is 4.90 Å². The van der Waals surface area contributed by atoms with Gasteiger partial charge in [0.05, 0.1) is 21.8 Å². The van der Waals surface area contributed by atoms with E-state index in [2.05, 4.69) is 9.97 Å². The standard InChI is InChI=1S/C20H13ClFN3OS/c21-15-7-3-9-17-18(15)24-20(27-17)25(12-13-5-4-10-23-11-13)19(26)14-6-1-2-8-16(14)22/h1-11H,12H2. The molecule has 2 heterocycles. The van der Waals surface area contributed by atoms with E-state index in [1.54, 1.807) is 36.7 Å². The average molecular weight is 398 g/mol. The molecule has 7 heteroatoms. The largest absolute Gasteiger partial charge is 0.279 e. The zero-order valence-electron chi connectivity index (χ0n) is 14.0. The maximum absolute atomic E-state index is 14.2. The van der Waals surface area contributed by atoms with Crippen LogP contribution in [0.3, 0.4) is 0 Å². The van der Waals surface area contributed by atoms with Crippen molar-refractivity contribution in [1.29, 1.82) is 0 Å². The highest BCUT2D eigenvalue weighted by molar-refractivity contribution is 7.22. The van der Waals surface area contributed by atoms with Gasteiger partial charge in [-0.2, -0.15) is 0 Å². The Morgan fingerprint density at radius 1 is 1.11 bits per heavy atom. The van der Waals surface area contributed by atoms with Crippen molar-refractivity contribution in [3.8, 4) is 0 Å². The monoisotopic (exact) mass is 397 g/mol. The summed E-state index contributed by atoms with van der Waals surface area (Å²) in [5.74, 6) is -1.04. The molecule has 27 heavy (non-hydrogen) atoms. The maximum Gasteiger partial charge on any atom is 0.263 e. The van der Waals surface area contributed by atoms with Crippen LogP contribution in [0.15, 0.2) is 67.0 Å². The molecule has 134 valence electrons. The lowest BCUT2D eigenvalue weighted by molar-refractivity contribution is 0.0981. The number of hydrogen-bond donors (Lipinski definition) is 0. The number of thiazole rings is 1.